The molecule has 2 atom stereocenters. The van der Waals surface area contributed by atoms with E-state index in [-0.39, 0.29) is 5.91 Å². The van der Waals surface area contributed by atoms with E-state index >= 15 is 0 Å². The maximum absolute atomic E-state index is 11.8. The molecular formula is C13H19ClN2OS. The highest BCUT2D eigenvalue weighted by Crippen LogP contribution is 2.29. The first kappa shape index (κ1) is 13.8. The Labute approximate surface area is 117 Å². The van der Waals surface area contributed by atoms with E-state index < -0.39 is 0 Å². The second-order valence-electron chi connectivity index (χ2n) is 5.13. The Kier molecular flexibility index (Phi) is 5.01. The first-order valence-electron chi connectivity index (χ1n) is 6.43. The minimum atomic E-state index is 0.0741. The predicted octanol–water partition coefficient (Wildman–Crippen LogP) is 2.98. The summed E-state index contributed by atoms with van der Waals surface area (Å²) < 4.78 is 0. The average Bonchev–Trinajstić information content (AvgIpc) is 2.95. The van der Waals surface area contributed by atoms with Crippen LogP contribution in [-0.2, 0) is 17.1 Å². The van der Waals surface area contributed by atoms with Crippen molar-refractivity contribution in [2.45, 2.75) is 38.5 Å². The number of hydrogen-bond donors (Lipinski definition) is 1. The summed E-state index contributed by atoms with van der Waals surface area (Å²) in [7, 11) is 0. The highest BCUT2D eigenvalue weighted by Gasteiger charge is 2.21. The molecule has 0 spiro atoms. The third-order valence-corrected chi connectivity index (χ3v) is 4.61. The smallest absolute Gasteiger partial charge is 0.226 e. The molecule has 0 aromatic carbocycles. The minimum Gasteiger partial charge on any atom is -0.355 e. The first-order valence-corrected chi connectivity index (χ1v) is 7.84. The van der Waals surface area contributed by atoms with Gasteiger partial charge in [0.05, 0.1) is 18.0 Å². The van der Waals surface area contributed by atoms with Crippen molar-refractivity contribution in [2.75, 3.05) is 6.54 Å². The van der Waals surface area contributed by atoms with Gasteiger partial charge in [-0.2, -0.15) is 0 Å². The number of nitrogens with zero attached hydrogens (tertiary/aromatic N) is 1. The van der Waals surface area contributed by atoms with Crippen LogP contribution in [0.1, 0.15) is 36.9 Å². The Morgan fingerprint density at radius 2 is 2.44 bits per heavy atom. The lowest BCUT2D eigenvalue weighted by atomic mass is 10.1. The Hall–Kier alpha value is -0.610. The van der Waals surface area contributed by atoms with Gasteiger partial charge < -0.3 is 5.32 Å². The van der Waals surface area contributed by atoms with Crippen LogP contribution in [0.4, 0.5) is 0 Å². The van der Waals surface area contributed by atoms with Crippen LogP contribution < -0.4 is 5.32 Å². The summed E-state index contributed by atoms with van der Waals surface area (Å²) in [5, 5.41) is 5.78. The van der Waals surface area contributed by atoms with E-state index in [0.29, 0.717) is 18.2 Å². The van der Waals surface area contributed by atoms with Gasteiger partial charge >= 0.3 is 0 Å². The molecule has 1 aromatic heterocycles. The molecule has 100 valence electrons. The summed E-state index contributed by atoms with van der Waals surface area (Å²) in [6, 6.07) is 0. The van der Waals surface area contributed by atoms with Crippen LogP contribution in [0.25, 0.3) is 0 Å². The van der Waals surface area contributed by atoms with Gasteiger partial charge in [0.2, 0.25) is 5.91 Å². The van der Waals surface area contributed by atoms with E-state index in [2.05, 4.69) is 17.2 Å². The summed E-state index contributed by atoms with van der Waals surface area (Å²) in [6.45, 7) is 3.10. The van der Waals surface area contributed by atoms with Gasteiger partial charge in [-0.15, -0.1) is 22.9 Å². The number of carbonyl (C=O) groups excluding carboxylic acids is 1. The lowest BCUT2D eigenvalue weighted by Gasteiger charge is -2.10. The molecule has 1 N–H and O–H groups in total. The van der Waals surface area contributed by atoms with Gasteiger partial charge in [0.15, 0.2) is 0 Å². The van der Waals surface area contributed by atoms with Gasteiger partial charge in [-0.3, -0.25) is 4.79 Å². The molecule has 1 aromatic rings. The topological polar surface area (TPSA) is 42.0 Å². The molecule has 1 fully saturated rings. The molecule has 2 unspecified atom stereocenters. The molecule has 0 bridgehead atoms. The molecule has 0 saturated heterocycles. The van der Waals surface area contributed by atoms with Crippen LogP contribution in [0, 0.1) is 11.8 Å². The Bertz CT molecular complexity index is 407. The number of alkyl halides is 1. The van der Waals surface area contributed by atoms with Gasteiger partial charge in [-0.1, -0.05) is 13.3 Å². The fraction of sp³-hybridized carbons (Fsp3) is 0.692. The molecule has 18 heavy (non-hydrogen) atoms. The number of carbonyl (C=O) groups is 1. The number of aromatic nitrogens is 1. The van der Waals surface area contributed by atoms with Crippen molar-refractivity contribution in [1.29, 1.82) is 0 Å². The molecule has 0 radical (unpaired) electrons. The summed E-state index contributed by atoms with van der Waals surface area (Å²) in [6.07, 6.45) is 4.17. The van der Waals surface area contributed by atoms with Gasteiger partial charge in [0.25, 0.3) is 0 Å². The maximum Gasteiger partial charge on any atom is 0.226 e. The van der Waals surface area contributed by atoms with Crippen molar-refractivity contribution < 1.29 is 4.79 Å². The van der Waals surface area contributed by atoms with Crippen LogP contribution in [0.5, 0.6) is 0 Å². The SMILES string of the molecule is CC1CCC(CNC(=O)Cc2nc(CCl)cs2)C1. The molecule has 1 aliphatic rings. The van der Waals surface area contributed by atoms with E-state index in [1.807, 2.05) is 5.38 Å². The van der Waals surface area contributed by atoms with Crippen molar-refractivity contribution in [1.82, 2.24) is 10.3 Å². The fourth-order valence-corrected chi connectivity index (χ4v) is 3.48. The number of rotatable bonds is 5. The molecule has 1 heterocycles. The number of thiazole rings is 1. The third kappa shape index (κ3) is 3.95. The number of hydrogen-bond acceptors (Lipinski definition) is 3. The standard InChI is InChI=1S/C13H19ClN2OS/c1-9-2-3-10(4-9)7-15-12(17)5-13-16-11(6-14)8-18-13/h8-10H,2-7H2,1H3,(H,15,17). The largest absolute Gasteiger partial charge is 0.355 e. The molecule has 5 heteroatoms. The minimum absolute atomic E-state index is 0.0741. The van der Waals surface area contributed by atoms with E-state index in [0.717, 1.165) is 23.2 Å². The van der Waals surface area contributed by atoms with Gasteiger partial charge in [0.1, 0.15) is 5.01 Å². The lowest BCUT2D eigenvalue weighted by molar-refractivity contribution is -0.120. The zero-order valence-electron chi connectivity index (χ0n) is 10.6. The monoisotopic (exact) mass is 286 g/mol. The second kappa shape index (κ2) is 6.53. The molecule has 1 saturated carbocycles. The van der Waals surface area contributed by atoms with Gasteiger partial charge in [-0.25, -0.2) is 4.98 Å². The summed E-state index contributed by atoms with van der Waals surface area (Å²) in [4.78, 5) is 16.1. The summed E-state index contributed by atoms with van der Waals surface area (Å²) in [5.74, 6) is 1.97. The molecule has 0 aliphatic heterocycles. The van der Waals surface area contributed by atoms with Crippen LogP contribution in [0.2, 0.25) is 0 Å². The van der Waals surface area contributed by atoms with Crippen molar-refractivity contribution in [2.24, 2.45) is 11.8 Å². The Morgan fingerprint density at radius 3 is 3.06 bits per heavy atom. The van der Waals surface area contributed by atoms with Crippen LogP contribution in [0.3, 0.4) is 0 Å². The Balaban J connectivity index is 1.71. The zero-order chi connectivity index (χ0) is 13.0. The molecule has 1 amide bonds. The second-order valence-corrected chi connectivity index (χ2v) is 6.34. The van der Waals surface area contributed by atoms with E-state index in [1.54, 1.807) is 0 Å². The number of nitrogens with one attached hydrogen (secondary N) is 1. The quantitative estimate of drug-likeness (QED) is 0.846. The van der Waals surface area contributed by atoms with Crippen molar-refractivity contribution in [3.63, 3.8) is 0 Å². The number of halogens is 1. The summed E-state index contributed by atoms with van der Waals surface area (Å²) in [5.41, 5.74) is 0.856. The van der Waals surface area contributed by atoms with E-state index in [9.17, 15) is 4.79 Å². The van der Waals surface area contributed by atoms with E-state index in [1.165, 1.54) is 30.6 Å². The molecule has 2 rings (SSSR count). The van der Waals surface area contributed by atoms with Gasteiger partial charge in [0, 0.05) is 11.9 Å². The van der Waals surface area contributed by atoms with Crippen LogP contribution in [0.15, 0.2) is 5.38 Å². The summed E-state index contributed by atoms with van der Waals surface area (Å²) >= 11 is 7.19. The Morgan fingerprint density at radius 1 is 1.61 bits per heavy atom. The lowest BCUT2D eigenvalue weighted by Crippen LogP contribution is -2.29. The van der Waals surface area contributed by atoms with Crippen LogP contribution >= 0.6 is 22.9 Å². The predicted molar refractivity (Wildman–Crippen MR) is 74.9 cm³/mol. The van der Waals surface area contributed by atoms with Crippen molar-refractivity contribution >= 4 is 28.8 Å². The van der Waals surface area contributed by atoms with Crippen molar-refractivity contribution in [3.8, 4) is 0 Å². The molecule has 1 aliphatic carbocycles. The normalized spacial score (nSPS) is 23.2. The molecule has 3 nitrogen and oxygen atoms in total. The zero-order valence-corrected chi connectivity index (χ0v) is 12.2. The highest BCUT2D eigenvalue weighted by atomic mass is 35.5. The number of amides is 1. The first-order chi connectivity index (χ1) is 8.67. The van der Waals surface area contributed by atoms with E-state index in [4.69, 9.17) is 11.6 Å². The van der Waals surface area contributed by atoms with Crippen molar-refractivity contribution in [3.05, 3.63) is 16.1 Å². The maximum atomic E-state index is 11.8. The molecular weight excluding hydrogens is 268 g/mol. The third-order valence-electron chi connectivity index (χ3n) is 3.44. The van der Waals surface area contributed by atoms with Gasteiger partial charge in [-0.05, 0) is 24.7 Å². The highest BCUT2D eigenvalue weighted by molar-refractivity contribution is 7.09. The van der Waals surface area contributed by atoms with Crippen LogP contribution in [-0.4, -0.2) is 17.4 Å². The fourth-order valence-electron chi connectivity index (χ4n) is 2.46. The average molecular weight is 287 g/mol.